The van der Waals surface area contributed by atoms with Gasteiger partial charge in [-0.05, 0) is 6.92 Å². The van der Waals surface area contributed by atoms with Crippen molar-refractivity contribution in [2.45, 2.75) is 44.3 Å². The molecule has 0 radical (unpaired) electrons. The first-order chi connectivity index (χ1) is 13.6. The van der Waals surface area contributed by atoms with E-state index in [0.717, 1.165) is 0 Å². The predicted molar refractivity (Wildman–Crippen MR) is 98.9 cm³/mol. The summed E-state index contributed by atoms with van der Waals surface area (Å²) in [5.74, 6) is -4.33. The highest BCUT2D eigenvalue weighted by Crippen LogP contribution is 2.02. The Hall–Kier alpha value is -3.48. The molecule has 13 nitrogen and oxygen atoms in total. The molecule has 0 fully saturated rings. The number of rotatable bonds is 12. The number of carboxylic acids is 1. The lowest BCUT2D eigenvalue weighted by Crippen LogP contribution is -2.56. The average Bonchev–Trinajstić information content (AvgIpc) is 3.13. The second-order valence-electron chi connectivity index (χ2n) is 6.24. The van der Waals surface area contributed by atoms with Crippen molar-refractivity contribution < 1.29 is 29.1 Å². The molecule has 3 atom stereocenters. The number of hydrogen-bond donors (Lipinski definition) is 7. The summed E-state index contributed by atoms with van der Waals surface area (Å²) in [6.07, 6.45) is 2.11. The van der Waals surface area contributed by atoms with E-state index < -0.39 is 54.1 Å². The van der Waals surface area contributed by atoms with E-state index in [1.54, 1.807) is 0 Å². The van der Waals surface area contributed by atoms with E-state index in [1.807, 2.05) is 0 Å². The molecule has 0 aliphatic rings. The van der Waals surface area contributed by atoms with Gasteiger partial charge >= 0.3 is 5.97 Å². The minimum absolute atomic E-state index is 0.0106. The van der Waals surface area contributed by atoms with Crippen LogP contribution < -0.4 is 27.4 Å². The molecule has 9 N–H and O–H groups in total. The number of nitrogens with two attached hydrogens (primary N) is 2. The molecule has 160 valence electrons. The van der Waals surface area contributed by atoms with Crippen LogP contribution in [0.25, 0.3) is 0 Å². The van der Waals surface area contributed by atoms with Crippen LogP contribution in [0.2, 0.25) is 0 Å². The lowest BCUT2D eigenvalue weighted by atomic mass is 10.1. The van der Waals surface area contributed by atoms with Gasteiger partial charge in [0.1, 0.15) is 18.1 Å². The van der Waals surface area contributed by atoms with Gasteiger partial charge in [0, 0.05) is 31.3 Å². The average molecular weight is 411 g/mol. The molecule has 1 heterocycles. The number of imidazole rings is 1. The number of amides is 4. The summed E-state index contributed by atoms with van der Waals surface area (Å²) in [6.45, 7) is 1.47. The van der Waals surface area contributed by atoms with Gasteiger partial charge in [0.25, 0.3) is 0 Å². The van der Waals surface area contributed by atoms with Gasteiger partial charge in [0.15, 0.2) is 0 Å². The zero-order valence-electron chi connectivity index (χ0n) is 15.8. The fraction of sp³-hybridized carbons (Fsp3) is 0.500. The number of aromatic amines is 1. The molecule has 1 aromatic heterocycles. The topological polar surface area (TPSA) is 222 Å². The number of carbonyl (C=O) groups excluding carboxylic acids is 4. The van der Waals surface area contributed by atoms with Crippen molar-refractivity contribution in [1.82, 2.24) is 25.9 Å². The van der Waals surface area contributed by atoms with E-state index >= 15 is 0 Å². The van der Waals surface area contributed by atoms with Crippen LogP contribution in [0.4, 0.5) is 0 Å². The standard InChI is InChI=1S/C16H25N7O6/c1-8(21-13(25)2-3-17)14(26)22-10(5-12(18)24)15(27)23-11(16(28)29)4-9-6-19-7-20-9/h6-8,10-11H,2-5,17H2,1H3,(H2,18,24)(H,19,20)(H,21,25)(H,22,26)(H,23,27)(H,28,29)/t8-,10-,11-/m0/s1. The van der Waals surface area contributed by atoms with E-state index in [-0.39, 0.29) is 19.4 Å². The normalized spacial score (nSPS) is 13.6. The molecule has 29 heavy (non-hydrogen) atoms. The molecule has 4 amide bonds. The summed E-state index contributed by atoms with van der Waals surface area (Å²) in [6, 6.07) is -3.77. The van der Waals surface area contributed by atoms with Gasteiger partial charge < -0.3 is 37.5 Å². The van der Waals surface area contributed by atoms with Crippen molar-refractivity contribution >= 4 is 29.6 Å². The second-order valence-corrected chi connectivity index (χ2v) is 6.24. The summed E-state index contributed by atoms with van der Waals surface area (Å²) in [5.41, 5.74) is 10.8. The van der Waals surface area contributed by atoms with Crippen LogP contribution in [0.15, 0.2) is 12.5 Å². The highest BCUT2D eigenvalue weighted by molar-refractivity contribution is 5.95. The lowest BCUT2D eigenvalue weighted by molar-refractivity contribution is -0.142. The Kier molecular flexibility index (Phi) is 9.25. The van der Waals surface area contributed by atoms with Crippen molar-refractivity contribution in [2.24, 2.45) is 11.5 Å². The maximum absolute atomic E-state index is 12.5. The van der Waals surface area contributed by atoms with Gasteiger partial charge in [-0.15, -0.1) is 0 Å². The van der Waals surface area contributed by atoms with Crippen LogP contribution in [0, 0.1) is 0 Å². The fourth-order valence-electron chi connectivity index (χ4n) is 2.31. The van der Waals surface area contributed by atoms with Crippen LogP contribution >= 0.6 is 0 Å². The van der Waals surface area contributed by atoms with Crippen LogP contribution in [0.1, 0.15) is 25.5 Å². The molecule has 0 unspecified atom stereocenters. The summed E-state index contributed by atoms with van der Waals surface area (Å²) in [5, 5.41) is 16.2. The van der Waals surface area contributed by atoms with Gasteiger partial charge in [-0.1, -0.05) is 0 Å². The third-order valence-electron chi connectivity index (χ3n) is 3.77. The predicted octanol–water partition coefficient (Wildman–Crippen LogP) is -3.26. The zero-order valence-corrected chi connectivity index (χ0v) is 15.8. The highest BCUT2D eigenvalue weighted by atomic mass is 16.4. The number of primary amides is 1. The van der Waals surface area contributed by atoms with E-state index in [1.165, 1.54) is 19.4 Å². The molecule has 0 aromatic carbocycles. The van der Waals surface area contributed by atoms with Gasteiger partial charge in [0.05, 0.1) is 12.7 Å². The minimum atomic E-state index is -1.42. The Morgan fingerprint density at radius 2 is 1.79 bits per heavy atom. The Bertz CT molecular complexity index is 736. The molecular weight excluding hydrogens is 386 g/mol. The molecule has 0 aliphatic carbocycles. The van der Waals surface area contributed by atoms with E-state index in [9.17, 15) is 29.1 Å². The minimum Gasteiger partial charge on any atom is -0.480 e. The molecule has 0 spiro atoms. The van der Waals surface area contributed by atoms with Crippen LogP contribution in [0.3, 0.4) is 0 Å². The maximum Gasteiger partial charge on any atom is 0.326 e. The van der Waals surface area contributed by atoms with Gasteiger partial charge in [-0.25, -0.2) is 9.78 Å². The number of hydrogen-bond acceptors (Lipinski definition) is 7. The Morgan fingerprint density at radius 1 is 1.14 bits per heavy atom. The molecule has 13 heteroatoms. The first kappa shape index (κ1) is 23.6. The number of aliphatic carboxylic acids is 1. The number of nitrogens with one attached hydrogen (secondary N) is 4. The third-order valence-corrected chi connectivity index (χ3v) is 3.77. The Balaban J connectivity index is 2.80. The Labute approximate surface area is 166 Å². The third kappa shape index (κ3) is 8.38. The number of carbonyl (C=O) groups is 5. The first-order valence-electron chi connectivity index (χ1n) is 8.72. The second kappa shape index (κ2) is 11.4. The van der Waals surface area contributed by atoms with Crippen molar-refractivity contribution in [1.29, 1.82) is 0 Å². The maximum atomic E-state index is 12.5. The number of carboxylic acid groups (broad SMARTS) is 1. The van der Waals surface area contributed by atoms with E-state index in [2.05, 4.69) is 25.9 Å². The fourth-order valence-corrected chi connectivity index (χ4v) is 2.31. The monoisotopic (exact) mass is 411 g/mol. The number of aromatic nitrogens is 2. The molecular formula is C16H25N7O6. The molecule has 1 aromatic rings. The van der Waals surface area contributed by atoms with Gasteiger partial charge in [-0.2, -0.15) is 0 Å². The smallest absolute Gasteiger partial charge is 0.326 e. The van der Waals surface area contributed by atoms with Crippen LogP contribution in [-0.2, 0) is 30.4 Å². The SMILES string of the molecule is C[C@H](NC(=O)CCN)C(=O)N[C@@H](CC(N)=O)C(=O)N[C@@H](Cc1cnc[nH]1)C(=O)O. The van der Waals surface area contributed by atoms with E-state index in [4.69, 9.17) is 11.5 Å². The lowest BCUT2D eigenvalue weighted by Gasteiger charge is -2.22. The van der Waals surface area contributed by atoms with Crippen LogP contribution in [0.5, 0.6) is 0 Å². The Morgan fingerprint density at radius 3 is 2.31 bits per heavy atom. The zero-order chi connectivity index (χ0) is 22.0. The molecule has 0 saturated heterocycles. The first-order valence-corrected chi connectivity index (χ1v) is 8.72. The summed E-state index contributed by atoms with van der Waals surface area (Å²) >= 11 is 0. The van der Waals surface area contributed by atoms with Crippen molar-refractivity contribution in [3.05, 3.63) is 18.2 Å². The molecule has 0 bridgehead atoms. The summed E-state index contributed by atoms with van der Waals surface area (Å²) < 4.78 is 0. The molecule has 1 rings (SSSR count). The van der Waals surface area contributed by atoms with Crippen LogP contribution in [-0.4, -0.2) is 69.3 Å². The van der Waals surface area contributed by atoms with E-state index in [0.29, 0.717) is 5.69 Å². The number of H-pyrrole nitrogens is 1. The molecule has 0 saturated carbocycles. The van der Waals surface area contributed by atoms with Crippen molar-refractivity contribution in [3.63, 3.8) is 0 Å². The molecule has 0 aliphatic heterocycles. The summed E-state index contributed by atoms with van der Waals surface area (Å²) in [4.78, 5) is 65.4. The quantitative estimate of drug-likeness (QED) is 0.184. The van der Waals surface area contributed by atoms with Gasteiger partial charge in [0.2, 0.25) is 23.6 Å². The number of nitrogens with zero attached hydrogens (tertiary/aromatic N) is 1. The summed E-state index contributed by atoms with van der Waals surface area (Å²) in [7, 11) is 0. The highest BCUT2D eigenvalue weighted by Gasteiger charge is 2.29. The van der Waals surface area contributed by atoms with Crippen molar-refractivity contribution in [3.8, 4) is 0 Å². The van der Waals surface area contributed by atoms with Gasteiger partial charge in [-0.3, -0.25) is 19.2 Å². The van der Waals surface area contributed by atoms with Crippen molar-refractivity contribution in [2.75, 3.05) is 6.54 Å². The largest absolute Gasteiger partial charge is 0.480 e.